The fourth-order valence-corrected chi connectivity index (χ4v) is 3.49. The Labute approximate surface area is 173 Å². The van der Waals surface area contributed by atoms with E-state index >= 15 is 0 Å². The third-order valence-corrected chi connectivity index (χ3v) is 5.45. The lowest BCUT2D eigenvalue weighted by atomic mass is 9.87. The SMILES string of the molecule is Cc1ccc(C2=C(Nc3ccc(C(C)(C)C)cc3)C(=O)N(C(C)C)C2=O)cc1C. The zero-order valence-corrected chi connectivity index (χ0v) is 18.4. The largest absolute Gasteiger partial charge is 0.350 e. The Kier molecular flexibility index (Phi) is 5.40. The van der Waals surface area contributed by atoms with Crippen LogP contribution in [0.25, 0.3) is 5.57 Å². The maximum absolute atomic E-state index is 13.1. The molecule has 0 bridgehead atoms. The van der Waals surface area contributed by atoms with E-state index in [1.165, 1.54) is 10.5 Å². The predicted octanol–water partition coefficient (Wildman–Crippen LogP) is 5.20. The van der Waals surface area contributed by atoms with E-state index in [0.29, 0.717) is 11.3 Å². The minimum Gasteiger partial charge on any atom is -0.350 e. The van der Waals surface area contributed by atoms with E-state index in [-0.39, 0.29) is 23.3 Å². The maximum Gasteiger partial charge on any atom is 0.278 e. The van der Waals surface area contributed by atoms with Crippen molar-refractivity contribution in [2.45, 2.75) is 59.9 Å². The van der Waals surface area contributed by atoms with Gasteiger partial charge in [-0.05, 0) is 67.5 Å². The third-order valence-electron chi connectivity index (χ3n) is 5.45. The van der Waals surface area contributed by atoms with Crippen molar-refractivity contribution in [1.82, 2.24) is 4.90 Å². The lowest BCUT2D eigenvalue weighted by molar-refractivity contribution is -0.138. The summed E-state index contributed by atoms with van der Waals surface area (Å²) in [6.07, 6.45) is 0. The molecule has 2 aromatic rings. The van der Waals surface area contributed by atoms with Gasteiger partial charge in [0.1, 0.15) is 5.70 Å². The number of benzene rings is 2. The van der Waals surface area contributed by atoms with Crippen molar-refractivity contribution in [1.29, 1.82) is 0 Å². The second-order valence-electron chi connectivity index (χ2n) is 9.08. The molecule has 152 valence electrons. The van der Waals surface area contributed by atoms with Gasteiger partial charge in [-0.2, -0.15) is 0 Å². The van der Waals surface area contributed by atoms with Crippen LogP contribution in [0.4, 0.5) is 5.69 Å². The fourth-order valence-electron chi connectivity index (χ4n) is 3.49. The van der Waals surface area contributed by atoms with Crippen LogP contribution in [0.3, 0.4) is 0 Å². The van der Waals surface area contributed by atoms with Crippen molar-refractivity contribution in [3.8, 4) is 0 Å². The highest BCUT2D eigenvalue weighted by Crippen LogP contribution is 2.33. The summed E-state index contributed by atoms with van der Waals surface area (Å²) >= 11 is 0. The fraction of sp³-hybridized carbons (Fsp3) is 0.360. The van der Waals surface area contributed by atoms with Crippen molar-refractivity contribution in [2.24, 2.45) is 0 Å². The van der Waals surface area contributed by atoms with E-state index in [1.54, 1.807) is 0 Å². The van der Waals surface area contributed by atoms with Crippen LogP contribution < -0.4 is 5.32 Å². The van der Waals surface area contributed by atoms with Crippen molar-refractivity contribution in [3.05, 3.63) is 70.4 Å². The quantitative estimate of drug-likeness (QED) is 0.730. The molecule has 0 spiro atoms. The van der Waals surface area contributed by atoms with E-state index in [2.05, 4.69) is 38.2 Å². The molecule has 0 atom stereocenters. The van der Waals surface area contributed by atoms with Gasteiger partial charge in [-0.25, -0.2) is 0 Å². The maximum atomic E-state index is 13.1. The molecule has 2 aromatic carbocycles. The lowest BCUT2D eigenvalue weighted by Gasteiger charge is -2.20. The molecule has 29 heavy (non-hydrogen) atoms. The van der Waals surface area contributed by atoms with Gasteiger partial charge in [0.2, 0.25) is 0 Å². The Morgan fingerprint density at radius 3 is 2.00 bits per heavy atom. The molecular weight excluding hydrogens is 360 g/mol. The van der Waals surface area contributed by atoms with Gasteiger partial charge in [-0.3, -0.25) is 14.5 Å². The van der Waals surface area contributed by atoms with E-state index in [4.69, 9.17) is 0 Å². The van der Waals surface area contributed by atoms with E-state index in [1.807, 2.05) is 58.0 Å². The highest BCUT2D eigenvalue weighted by atomic mass is 16.2. The zero-order chi connectivity index (χ0) is 21.5. The van der Waals surface area contributed by atoms with Gasteiger partial charge >= 0.3 is 0 Å². The number of amides is 2. The number of rotatable bonds is 4. The number of aryl methyl sites for hydroxylation is 2. The molecule has 2 amide bonds. The minimum absolute atomic E-state index is 0.0516. The van der Waals surface area contributed by atoms with Crippen LogP contribution in [0.15, 0.2) is 48.2 Å². The number of nitrogens with zero attached hydrogens (tertiary/aromatic N) is 1. The number of hydrogen-bond donors (Lipinski definition) is 1. The summed E-state index contributed by atoms with van der Waals surface area (Å²) in [5.74, 6) is -0.528. The number of carbonyl (C=O) groups is 2. The standard InChI is InChI=1S/C25H30N2O2/c1-15(2)27-23(28)21(18-9-8-16(3)17(4)14-18)22(24(27)29)26-20-12-10-19(11-13-20)25(5,6)7/h8-15,26H,1-7H3. The van der Waals surface area contributed by atoms with Gasteiger partial charge in [0, 0.05) is 11.7 Å². The van der Waals surface area contributed by atoms with Crippen LogP contribution in [0.5, 0.6) is 0 Å². The molecule has 0 unspecified atom stereocenters. The normalized spacial score (nSPS) is 15.0. The Bertz CT molecular complexity index is 992. The number of nitrogens with one attached hydrogen (secondary N) is 1. The van der Waals surface area contributed by atoms with E-state index in [9.17, 15) is 9.59 Å². The smallest absolute Gasteiger partial charge is 0.278 e. The number of anilines is 1. The monoisotopic (exact) mass is 390 g/mol. The zero-order valence-electron chi connectivity index (χ0n) is 18.4. The number of carbonyl (C=O) groups excluding carboxylic acids is 2. The summed E-state index contributed by atoms with van der Waals surface area (Å²) in [6, 6.07) is 13.7. The molecule has 4 nitrogen and oxygen atoms in total. The van der Waals surface area contributed by atoms with Crippen molar-refractivity contribution in [2.75, 3.05) is 5.32 Å². The average molecular weight is 391 g/mol. The number of imide groups is 1. The molecule has 4 heteroatoms. The molecule has 1 N–H and O–H groups in total. The number of hydrogen-bond acceptors (Lipinski definition) is 3. The van der Waals surface area contributed by atoms with Crippen LogP contribution in [0, 0.1) is 13.8 Å². The molecule has 0 fully saturated rings. The predicted molar refractivity (Wildman–Crippen MR) is 119 cm³/mol. The Morgan fingerprint density at radius 1 is 0.862 bits per heavy atom. The molecule has 0 radical (unpaired) electrons. The molecule has 1 heterocycles. The summed E-state index contributed by atoms with van der Waals surface area (Å²) in [5.41, 5.74) is 5.85. The molecule has 0 saturated heterocycles. The first kappa shape index (κ1) is 20.8. The Hall–Kier alpha value is -2.88. The molecule has 0 aromatic heterocycles. The van der Waals surface area contributed by atoms with Gasteiger partial charge in [-0.1, -0.05) is 51.1 Å². The minimum atomic E-state index is -0.280. The van der Waals surface area contributed by atoms with Gasteiger partial charge in [0.05, 0.1) is 5.57 Å². The van der Waals surface area contributed by atoms with Crippen molar-refractivity contribution < 1.29 is 9.59 Å². The third kappa shape index (κ3) is 3.98. The summed E-state index contributed by atoms with van der Waals surface area (Å²) in [5, 5.41) is 3.23. The van der Waals surface area contributed by atoms with Crippen molar-refractivity contribution >= 4 is 23.1 Å². The molecule has 0 saturated carbocycles. The Balaban J connectivity index is 2.06. The van der Waals surface area contributed by atoms with Crippen molar-refractivity contribution in [3.63, 3.8) is 0 Å². The molecule has 3 rings (SSSR count). The van der Waals surface area contributed by atoms with Gasteiger partial charge in [-0.15, -0.1) is 0 Å². The second kappa shape index (κ2) is 7.51. The summed E-state index contributed by atoms with van der Waals surface area (Å²) < 4.78 is 0. The van der Waals surface area contributed by atoms with Crippen LogP contribution in [-0.2, 0) is 15.0 Å². The molecule has 1 aliphatic heterocycles. The topological polar surface area (TPSA) is 49.4 Å². The van der Waals surface area contributed by atoms with Crippen LogP contribution in [0.2, 0.25) is 0 Å². The van der Waals surface area contributed by atoms with Crippen LogP contribution in [0.1, 0.15) is 56.9 Å². The average Bonchev–Trinajstić information content (AvgIpc) is 2.87. The first-order chi connectivity index (χ1) is 13.5. The molecule has 0 aliphatic carbocycles. The van der Waals surface area contributed by atoms with E-state index < -0.39 is 0 Å². The molecular formula is C25H30N2O2. The first-order valence-electron chi connectivity index (χ1n) is 10.1. The summed E-state index contributed by atoms with van der Waals surface area (Å²) in [6.45, 7) is 14.2. The van der Waals surface area contributed by atoms with Gasteiger partial charge < -0.3 is 5.32 Å². The van der Waals surface area contributed by atoms with Gasteiger partial charge in [0.15, 0.2) is 0 Å². The summed E-state index contributed by atoms with van der Waals surface area (Å²) in [4.78, 5) is 27.6. The highest BCUT2D eigenvalue weighted by molar-refractivity contribution is 6.36. The molecule has 1 aliphatic rings. The van der Waals surface area contributed by atoms with Crippen LogP contribution >= 0.6 is 0 Å². The van der Waals surface area contributed by atoms with Gasteiger partial charge in [0.25, 0.3) is 11.8 Å². The van der Waals surface area contributed by atoms with E-state index in [0.717, 1.165) is 22.4 Å². The lowest BCUT2D eigenvalue weighted by Crippen LogP contribution is -2.38. The van der Waals surface area contributed by atoms with Crippen LogP contribution in [-0.4, -0.2) is 22.8 Å². The second-order valence-corrected chi connectivity index (χ2v) is 9.08. The Morgan fingerprint density at radius 2 is 1.48 bits per heavy atom. The highest BCUT2D eigenvalue weighted by Gasteiger charge is 2.40. The first-order valence-corrected chi connectivity index (χ1v) is 10.1. The summed E-state index contributed by atoms with van der Waals surface area (Å²) in [7, 11) is 0.